The standard InChI is InChI=1S/C10H9ClS2/c1-6-2-7-4-9(12)13-10(7)8(3-6)5-11/h2-4,12H,5H2,1H3. The highest BCUT2D eigenvalue weighted by Crippen LogP contribution is 2.32. The zero-order chi connectivity index (χ0) is 9.42. The normalized spacial score (nSPS) is 11.0. The van der Waals surface area contributed by atoms with Gasteiger partial charge in [0.05, 0.1) is 4.21 Å². The van der Waals surface area contributed by atoms with Crippen LogP contribution in [0.15, 0.2) is 22.4 Å². The molecule has 2 rings (SSSR count). The predicted molar refractivity (Wildman–Crippen MR) is 63.4 cm³/mol. The van der Waals surface area contributed by atoms with Crippen LogP contribution in [0.4, 0.5) is 0 Å². The van der Waals surface area contributed by atoms with Gasteiger partial charge in [0.2, 0.25) is 0 Å². The quantitative estimate of drug-likeness (QED) is 0.548. The van der Waals surface area contributed by atoms with E-state index in [9.17, 15) is 0 Å². The van der Waals surface area contributed by atoms with Gasteiger partial charge >= 0.3 is 0 Å². The molecule has 0 aliphatic rings. The summed E-state index contributed by atoms with van der Waals surface area (Å²) in [7, 11) is 0. The monoisotopic (exact) mass is 228 g/mol. The van der Waals surface area contributed by atoms with Crippen LogP contribution >= 0.6 is 35.6 Å². The van der Waals surface area contributed by atoms with Crippen molar-refractivity contribution in [3.8, 4) is 0 Å². The van der Waals surface area contributed by atoms with Crippen LogP contribution in [0.2, 0.25) is 0 Å². The van der Waals surface area contributed by atoms with Gasteiger partial charge in [-0.15, -0.1) is 35.6 Å². The Balaban J connectivity index is 2.80. The van der Waals surface area contributed by atoms with Crippen LogP contribution in [0, 0.1) is 6.92 Å². The average molecular weight is 229 g/mol. The maximum absolute atomic E-state index is 5.87. The summed E-state index contributed by atoms with van der Waals surface area (Å²) in [5.74, 6) is 0.575. The van der Waals surface area contributed by atoms with Crippen molar-refractivity contribution in [2.75, 3.05) is 0 Å². The minimum atomic E-state index is 0.575. The predicted octanol–water partition coefficient (Wildman–Crippen LogP) is 4.24. The van der Waals surface area contributed by atoms with Gasteiger partial charge in [-0.2, -0.15) is 0 Å². The van der Waals surface area contributed by atoms with E-state index in [0.717, 1.165) is 4.21 Å². The minimum Gasteiger partial charge on any atom is -0.133 e. The Hall–Kier alpha value is -0.180. The SMILES string of the molecule is Cc1cc(CCl)c2sc(S)cc2c1. The van der Waals surface area contributed by atoms with Gasteiger partial charge in [-0.1, -0.05) is 17.7 Å². The Morgan fingerprint density at radius 2 is 2.15 bits per heavy atom. The molecule has 0 atom stereocenters. The molecule has 1 aromatic carbocycles. The maximum atomic E-state index is 5.87. The number of rotatable bonds is 1. The molecule has 0 N–H and O–H groups in total. The highest BCUT2D eigenvalue weighted by molar-refractivity contribution is 7.83. The van der Waals surface area contributed by atoms with E-state index in [1.165, 1.54) is 21.2 Å². The summed E-state index contributed by atoms with van der Waals surface area (Å²) in [5.41, 5.74) is 2.47. The highest BCUT2D eigenvalue weighted by Gasteiger charge is 2.04. The number of benzene rings is 1. The summed E-state index contributed by atoms with van der Waals surface area (Å²) >= 11 is 11.9. The number of hydrogen-bond donors (Lipinski definition) is 1. The molecule has 3 heteroatoms. The number of fused-ring (bicyclic) bond motifs is 1. The molecule has 0 saturated carbocycles. The fraction of sp³-hybridized carbons (Fsp3) is 0.200. The number of halogens is 1. The van der Waals surface area contributed by atoms with Gasteiger partial charge < -0.3 is 0 Å². The van der Waals surface area contributed by atoms with E-state index in [0.29, 0.717) is 5.88 Å². The lowest BCUT2D eigenvalue weighted by atomic mass is 10.1. The molecule has 0 bridgehead atoms. The first kappa shape index (κ1) is 9.38. The molecule has 0 amide bonds. The first-order valence-corrected chi connectivity index (χ1v) is 5.78. The van der Waals surface area contributed by atoms with Crippen molar-refractivity contribution in [2.24, 2.45) is 0 Å². The first-order valence-electron chi connectivity index (χ1n) is 3.98. The molecule has 0 nitrogen and oxygen atoms in total. The lowest BCUT2D eigenvalue weighted by Gasteiger charge is -1.99. The van der Waals surface area contributed by atoms with Crippen molar-refractivity contribution in [2.45, 2.75) is 17.0 Å². The summed E-state index contributed by atoms with van der Waals surface area (Å²) < 4.78 is 2.32. The second-order valence-electron chi connectivity index (χ2n) is 3.06. The largest absolute Gasteiger partial charge is 0.133 e. The lowest BCUT2D eigenvalue weighted by molar-refractivity contribution is 1.40. The summed E-state index contributed by atoms with van der Waals surface area (Å²) in [6.07, 6.45) is 0. The number of alkyl halides is 1. The van der Waals surface area contributed by atoms with Gasteiger partial charge in [-0.05, 0) is 23.9 Å². The Labute approximate surface area is 91.9 Å². The van der Waals surface area contributed by atoms with Crippen molar-refractivity contribution in [3.63, 3.8) is 0 Å². The molecule has 0 radical (unpaired) electrons. The molecule has 0 spiro atoms. The third-order valence-corrected chi connectivity index (χ3v) is 3.69. The molecule has 1 heterocycles. The molecule has 68 valence electrons. The summed E-state index contributed by atoms with van der Waals surface area (Å²) in [6.45, 7) is 2.09. The zero-order valence-corrected chi connectivity index (χ0v) is 9.64. The smallest absolute Gasteiger partial charge is 0.0580 e. The van der Waals surface area contributed by atoms with Crippen molar-refractivity contribution in [1.82, 2.24) is 0 Å². The van der Waals surface area contributed by atoms with Gasteiger partial charge in [0, 0.05) is 10.6 Å². The fourth-order valence-corrected chi connectivity index (χ4v) is 3.07. The van der Waals surface area contributed by atoms with E-state index in [4.69, 9.17) is 11.6 Å². The Morgan fingerprint density at radius 1 is 1.38 bits per heavy atom. The van der Waals surface area contributed by atoms with E-state index >= 15 is 0 Å². The molecule has 0 fully saturated rings. The average Bonchev–Trinajstić information content (AvgIpc) is 2.43. The van der Waals surface area contributed by atoms with Gasteiger partial charge in [-0.25, -0.2) is 0 Å². The van der Waals surface area contributed by atoms with Crippen LogP contribution in [-0.2, 0) is 5.88 Å². The fourth-order valence-electron chi connectivity index (χ4n) is 1.48. The molecule has 0 unspecified atom stereocenters. The third kappa shape index (κ3) is 1.71. The van der Waals surface area contributed by atoms with E-state index in [1.807, 2.05) is 0 Å². The second kappa shape index (κ2) is 3.52. The number of hydrogen-bond acceptors (Lipinski definition) is 2. The molecular formula is C10H9ClS2. The van der Waals surface area contributed by atoms with Gasteiger partial charge in [0.1, 0.15) is 0 Å². The van der Waals surface area contributed by atoms with Crippen LogP contribution in [0.25, 0.3) is 10.1 Å². The molecule has 13 heavy (non-hydrogen) atoms. The number of thiophene rings is 1. The van der Waals surface area contributed by atoms with Crippen molar-refractivity contribution in [3.05, 3.63) is 29.3 Å². The number of aryl methyl sites for hydroxylation is 1. The van der Waals surface area contributed by atoms with Crippen LogP contribution in [0.5, 0.6) is 0 Å². The number of thiol groups is 1. The minimum absolute atomic E-state index is 0.575. The summed E-state index contributed by atoms with van der Waals surface area (Å²) in [4.78, 5) is 0. The van der Waals surface area contributed by atoms with Crippen LogP contribution in [-0.4, -0.2) is 0 Å². The van der Waals surface area contributed by atoms with Crippen molar-refractivity contribution < 1.29 is 0 Å². The lowest BCUT2D eigenvalue weighted by Crippen LogP contribution is -1.80. The van der Waals surface area contributed by atoms with Crippen molar-refractivity contribution >= 4 is 45.7 Å². The molecule has 2 aromatic rings. The van der Waals surface area contributed by atoms with Gasteiger partial charge in [0.15, 0.2) is 0 Å². The maximum Gasteiger partial charge on any atom is 0.0580 e. The zero-order valence-electron chi connectivity index (χ0n) is 7.17. The van der Waals surface area contributed by atoms with E-state index in [2.05, 4.69) is 37.8 Å². The van der Waals surface area contributed by atoms with E-state index in [1.54, 1.807) is 11.3 Å². The van der Waals surface area contributed by atoms with Gasteiger partial charge in [-0.3, -0.25) is 0 Å². The Kier molecular flexibility index (Phi) is 2.54. The molecule has 0 saturated heterocycles. The Bertz CT molecular complexity index is 445. The van der Waals surface area contributed by atoms with E-state index in [-0.39, 0.29) is 0 Å². The highest BCUT2D eigenvalue weighted by atomic mass is 35.5. The molecule has 0 aliphatic carbocycles. The third-order valence-electron chi connectivity index (χ3n) is 1.97. The first-order chi connectivity index (χ1) is 6.20. The van der Waals surface area contributed by atoms with Crippen LogP contribution in [0.3, 0.4) is 0 Å². The van der Waals surface area contributed by atoms with Crippen LogP contribution < -0.4 is 0 Å². The summed E-state index contributed by atoms with van der Waals surface area (Å²) in [5, 5.41) is 1.26. The van der Waals surface area contributed by atoms with Crippen molar-refractivity contribution in [1.29, 1.82) is 0 Å². The van der Waals surface area contributed by atoms with Crippen LogP contribution in [0.1, 0.15) is 11.1 Å². The van der Waals surface area contributed by atoms with E-state index < -0.39 is 0 Å². The Morgan fingerprint density at radius 3 is 2.85 bits per heavy atom. The summed E-state index contributed by atoms with van der Waals surface area (Å²) in [6, 6.07) is 6.40. The molecule has 1 aromatic heterocycles. The topological polar surface area (TPSA) is 0 Å². The second-order valence-corrected chi connectivity index (χ2v) is 5.16. The van der Waals surface area contributed by atoms with Gasteiger partial charge in [0.25, 0.3) is 0 Å². The molecule has 0 aliphatic heterocycles. The molecular weight excluding hydrogens is 220 g/mol.